The number of carboxylic acids is 1. The lowest BCUT2D eigenvalue weighted by Crippen LogP contribution is -2.26. The molecule has 0 amide bonds. The fourth-order valence-corrected chi connectivity index (χ4v) is 3.64. The summed E-state index contributed by atoms with van der Waals surface area (Å²) in [6.07, 6.45) is -2.97. The number of aromatic carboxylic acids is 1. The third-order valence-electron chi connectivity index (χ3n) is 3.35. The normalized spacial score (nSPS) is 11.9. The second-order valence-electron chi connectivity index (χ2n) is 5.06. The first-order valence-electron chi connectivity index (χ1n) is 6.77. The number of rotatable bonds is 6. The summed E-state index contributed by atoms with van der Waals surface area (Å²) in [4.78, 5) is 10.8. The molecule has 0 saturated carbocycles. The maximum Gasteiger partial charge on any atom is 0.335 e. The van der Waals surface area contributed by atoms with Crippen LogP contribution < -0.4 is 4.72 Å². The average Bonchev–Trinajstić information content (AvgIpc) is 2.81. The zero-order valence-corrected chi connectivity index (χ0v) is 13.6. The van der Waals surface area contributed by atoms with Crippen LogP contribution in [0.15, 0.2) is 29.3 Å². The molecule has 130 valence electrons. The van der Waals surface area contributed by atoms with Crippen molar-refractivity contribution in [3.05, 3.63) is 46.6 Å². The zero-order valence-electron chi connectivity index (χ0n) is 12.8. The number of benzene rings is 1. The summed E-state index contributed by atoms with van der Waals surface area (Å²) < 4.78 is 54.0. The van der Waals surface area contributed by atoms with Crippen molar-refractivity contribution in [2.75, 3.05) is 0 Å². The van der Waals surface area contributed by atoms with Crippen molar-refractivity contribution in [2.24, 2.45) is 7.05 Å². The minimum Gasteiger partial charge on any atom is -0.478 e. The van der Waals surface area contributed by atoms with E-state index in [1.165, 1.54) is 38.2 Å². The molecule has 2 rings (SSSR count). The third-order valence-corrected chi connectivity index (χ3v) is 4.87. The van der Waals surface area contributed by atoms with Gasteiger partial charge in [0.2, 0.25) is 0 Å². The summed E-state index contributed by atoms with van der Waals surface area (Å²) in [5, 5.41) is 12.0. The number of alkyl halides is 2. The molecule has 7 nitrogen and oxygen atoms in total. The number of nitrogens with one attached hydrogen (secondary N) is 1. The maximum absolute atomic E-state index is 13.1. The molecule has 24 heavy (non-hydrogen) atoms. The largest absolute Gasteiger partial charge is 0.478 e. The first-order chi connectivity index (χ1) is 11.1. The average molecular weight is 359 g/mol. The van der Waals surface area contributed by atoms with Crippen LogP contribution >= 0.6 is 0 Å². The zero-order chi connectivity index (χ0) is 18.1. The van der Waals surface area contributed by atoms with Crippen LogP contribution in [0.25, 0.3) is 0 Å². The van der Waals surface area contributed by atoms with Crippen molar-refractivity contribution in [1.29, 1.82) is 0 Å². The smallest absolute Gasteiger partial charge is 0.335 e. The van der Waals surface area contributed by atoms with Gasteiger partial charge in [0.15, 0.2) is 5.03 Å². The predicted octanol–water partition coefficient (Wildman–Crippen LogP) is 1.84. The fourth-order valence-electron chi connectivity index (χ4n) is 2.24. The van der Waals surface area contributed by atoms with Gasteiger partial charge in [0, 0.05) is 13.6 Å². The lowest BCUT2D eigenvalue weighted by Gasteiger charge is -2.09. The van der Waals surface area contributed by atoms with Gasteiger partial charge in [-0.3, -0.25) is 4.68 Å². The van der Waals surface area contributed by atoms with Gasteiger partial charge in [-0.25, -0.2) is 26.7 Å². The SMILES string of the molecule is Cc1nn(C)c(S(=O)(=O)NCc2ccc(C(=O)O)cc2)c1C(F)F. The number of nitrogens with zero attached hydrogens (tertiary/aromatic N) is 2. The van der Waals surface area contributed by atoms with E-state index in [4.69, 9.17) is 5.11 Å². The number of aromatic nitrogens is 2. The number of carbonyl (C=O) groups is 1. The summed E-state index contributed by atoms with van der Waals surface area (Å²) in [5.41, 5.74) is -0.144. The van der Waals surface area contributed by atoms with E-state index in [1.54, 1.807) is 0 Å². The van der Waals surface area contributed by atoms with Gasteiger partial charge in [0.05, 0.1) is 16.8 Å². The number of hydrogen-bond donors (Lipinski definition) is 2. The molecule has 0 aliphatic rings. The van der Waals surface area contributed by atoms with Crippen LogP contribution in [0.4, 0.5) is 8.78 Å². The molecule has 0 spiro atoms. The van der Waals surface area contributed by atoms with E-state index in [-0.39, 0.29) is 17.8 Å². The standard InChI is InChI=1S/C14H15F2N3O4S/c1-8-11(12(15)16)13(19(2)18-8)24(22,23)17-7-9-3-5-10(6-4-9)14(20)21/h3-6,12,17H,7H2,1-2H3,(H,20,21). The molecule has 0 aliphatic heterocycles. The van der Waals surface area contributed by atoms with Gasteiger partial charge in [-0.05, 0) is 24.6 Å². The highest BCUT2D eigenvalue weighted by molar-refractivity contribution is 7.89. The summed E-state index contributed by atoms with van der Waals surface area (Å²) in [5.74, 6) is -1.10. The quantitative estimate of drug-likeness (QED) is 0.820. The molecule has 1 aromatic carbocycles. The van der Waals surface area contributed by atoms with Crippen LogP contribution in [0.3, 0.4) is 0 Å². The second-order valence-corrected chi connectivity index (χ2v) is 6.74. The van der Waals surface area contributed by atoms with Gasteiger partial charge in [-0.2, -0.15) is 5.10 Å². The van der Waals surface area contributed by atoms with Gasteiger partial charge < -0.3 is 5.11 Å². The highest BCUT2D eigenvalue weighted by Crippen LogP contribution is 2.29. The van der Waals surface area contributed by atoms with Crippen LogP contribution in [-0.2, 0) is 23.6 Å². The summed E-state index contributed by atoms with van der Waals surface area (Å²) >= 11 is 0. The Morgan fingerprint density at radius 2 is 1.92 bits per heavy atom. The molecular weight excluding hydrogens is 344 g/mol. The van der Waals surface area contributed by atoms with Crippen LogP contribution in [0.5, 0.6) is 0 Å². The van der Waals surface area contributed by atoms with Crippen molar-refractivity contribution in [2.45, 2.75) is 24.9 Å². The molecule has 0 unspecified atom stereocenters. The molecule has 2 aromatic rings. The van der Waals surface area contributed by atoms with Crippen molar-refractivity contribution >= 4 is 16.0 Å². The van der Waals surface area contributed by atoms with Crippen LogP contribution in [-0.4, -0.2) is 29.3 Å². The van der Waals surface area contributed by atoms with E-state index in [0.29, 0.717) is 5.56 Å². The Morgan fingerprint density at radius 3 is 2.42 bits per heavy atom. The first-order valence-corrected chi connectivity index (χ1v) is 8.25. The molecule has 1 aromatic heterocycles. The van der Waals surface area contributed by atoms with Crippen molar-refractivity contribution in [3.63, 3.8) is 0 Å². The Morgan fingerprint density at radius 1 is 1.33 bits per heavy atom. The fraction of sp³-hybridized carbons (Fsp3) is 0.286. The van der Waals surface area contributed by atoms with Crippen molar-refractivity contribution in [3.8, 4) is 0 Å². The number of sulfonamides is 1. The highest BCUT2D eigenvalue weighted by atomic mass is 32.2. The third kappa shape index (κ3) is 3.60. The Bertz CT molecular complexity index is 861. The molecule has 1 heterocycles. The molecule has 0 aliphatic carbocycles. The minimum absolute atomic E-state index is 0.0568. The van der Waals surface area contributed by atoms with Crippen LogP contribution in [0.2, 0.25) is 0 Å². The van der Waals surface area contributed by atoms with E-state index in [0.717, 1.165) is 4.68 Å². The van der Waals surface area contributed by atoms with Crippen molar-refractivity contribution in [1.82, 2.24) is 14.5 Å². The molecular formula is C14H15F2N3O4S. The van der Waals surface area contributed by atoms with E-state index >= 15 is 0 Å². The lowest BCUT2D eigenvalue weighted by atomic mass is 10.1. The van der Waals surface area contributed by atoms with Gasteiger partial charge in [0.1, 0.15) is 0 Å². The number of halogens is 2. The summed E-state index contributed by atoms with van der Waals surface area (Å²) in [6, 6.07) is 5.53. The first kappa shape index (κ1) is 18.0. The predicted molar refractivity (Wildman–Crippen MR) is 80.3 cm³/mol. The number of carboxylic acid groups (broad SMARTS) is 1. The Balaban J connectivity index is 2.25. The molecule has 0 atom stereocenters. The second kappa shape index (κ2) is 6.65. The van der Waals surface area contributed by atoms with E-state index < -0.39 is 33.0 Å². The Labute approximate surface area is 137 Å². The molecule has 0 fully saturated rings. The topological polar surface area (TPSA) is 101 Å². The maximum atomic E-state index is 13.1. The van der Waals surface area contributed by atoms with E-state index in [2.05, 4.69) is 9.82 Å². The Kier molecular flexibility index (Phi) is 4.99. The number of aryl methyl sites for hydroxylation is 2. The van der Waals surface area contributed by atoms with Crippen LogP contribution in [0, 0.1) is 6.92 Å². The van der Waals surface area contributed by atoms with Crippen LogP contribution in [0.1, 0.15) is 33.6 Å². The van der Waals surface area contributed by atoms with Crippen molar-refractivity contribution < 1.29 is 27.1 Å². The van der Waals surface area contributed by atoms with Gasteiger partial charge in [0.25, 0.3) is 16.4 Å². The van der Waals surface area contributed by atoms with E-state index in [9.17, 15) is 22.0 Å². The highest BCUT2D eigenvalue weighted by Gasteiger charge is 2.30. The number of hydrogen-bond acceptors (Lipinski definition) is 4. The van der Waals surface area contributed by atoms with Gasteiger partial charge >= 0.3 is 5.97 Å². The monoisotopic (exact) mass is 359 g/mol. The Hall–Kier alpha value is -2.33. The molecule has 2 N–H and O–H groups in total. The molecule has 0 saturated heterocycles. The minimum atomic E-state index is -4.22. The van der Waals surface area contributed by atoms with Gasteiger partial charge in [-0.15, -0.1) is 0 Å². The molecule has 0 radical (unpaired) electrons. The summed E-state index contributed by atoms with van der Waals surface area (Å²) in [7, 11) is -2.94. The van der Waals surface area contributed by atoms with E-state index in [1.807, 2.05) is 0 Å². The molecule has 0 bridgehead atoms. The lowest BCUT2D eigenvalue weighted by molar-refractivity contribution is 0.0697. The van der Waals surface area contributed by atoms with Gasteiger partial charge in [-0.1, -0.05) is 12.1 Å². The molecule has 10 heteroatoms. The summed E-state index contributed by atoms with van der Waals surface area (Å²) in [6.45, 7) is 1.14.